The number of alkyl halides is 14. The lowest BCUT2D eigenvalue weighted by molar-refractivity contribution is -0.339. The van der Waals surface area contributed by atoms with E-state index in [0.717, 1.165) is 0 Å². The van der Waals surface area contributed by atoms with Crippen LogP contribution in [0.2, 0.25) is 0 Å². The van der Waals surface area contributed by atoms with E-state index in [4.69, 9.17) is 0 Å². The number of hydrogen-bond donors (Lipinski definition) is 0. The summed E-state index contributed by atoms with van der Waals surface area (Å²) >= 11 is 20.2. The summed E-state index contributed by atoms with van der Waals surface area (Å²) in [4.78, 5) is 0. The SMILES string of the molecule is FC(F)(Cl)C(F)(Cl)OC(F)(Cl)C(F)(F)C(F)(Cl)C(F)(F)Cl. The molecule has 128 valence electrons. The topological polar surface area (TPSA) is 9.23 Å². The minimum Gasteiger partial charge on any atom is -0.272 e. The molecule has 0 spiro atoms. The molecule has 0 fully saturated rings. The van der Waals surface area contributed by atoms with E-state index in [9.17, 15) is 39.5 Å². The number of ether oxygens (including phenoxy) is 1. The third-order valence-electron chi connectivity index (χ3n) is 1.70. The highest BCUT2D eigenvalue weighted by Crippen LogP contribution is 2.58. The summed E-state index contributed by atoms with van der Waals surface area (Å²) in [7, 11) is 0. The van der Waals surface area contributed by atoms with Crippen LogP contribution in [0.5, 0.6) is 0 Å². The van der Waals surface area contributed by atoms with Crippen molar-refractivity contribution < 1.29 is 44.3 Å². The Kier molecular flexibility index (Phi) is 5.91. The molecule has 0 amide bonds. The maximum absolute atomic E-state index is 13.3. The van der Waals surface area contributed by atoms with E-state index in [1.807, 2.05) is 0 Å². The summed E-state index contributed by atoms with van der Waals surface area (Å²) in [5, 5.41) is -27.9. The third kappa shape index (κ3) is 4.00. The zero-order chi connectivity index (χ0) is 17.7. The molecule has 0 N–H and O–H groups in total. The molecule has 3 unspecified atom stereocenters. The minimum absolute atomic E-state index is 2.59. The van der Waals surface area contributed by atoms with E-state index in [1.165, 1.54) is 0 Å². The Morgan fingerprint density at radius 2 is 0.857 bits per heavy atom. The second-order valence-corrected chi connectivity index (χ2v) is 5.72. The maximum atomic E-state index is 13.3. The Balaban J connectivity index is 5.71. The van der Waals surface area contributed by atoms with Gasteiger partial charge in [-0.2, -0.15) is 35.1 Å². The number of rotatable bonds is 6. The van der Waals surface area contributed by atoms with Crippen LogP contribution in [0.4, 0.5) is 39.5 Å². The van der Waals surface area contributed by atoms with Crippen LogP contribution in [-0.4, -0.2) is 32.4 Å². The molecule has 0 radical (unpaired) electrons. The molecule has 3 atom stereocenters. The first kappa shape index (κ1) is 21.8. The first-order valence-electron chi connectivity index (χ1n) is 4.05. The van der Waals surface area contributed by atoms with Crippen molar-refractivity contribution in [3.8, 4) is 0 Å². The molecule has 0 rings (SSSR count). The van der Waals surface area contributed by atoms with Crippen LogP contribution in [0.3, 0.4) is 0 Å². The first-order chi connectivity index (χ1) is 8.71. The fourth-order valence-corrected chi connectivity index (χ4v) is 1.35. The fraction of sp³-hybridized carbons (Fsp3) is 1.00. The molecule has 15 heteroatoms. The molecule has 0 aliphatic carbocycles. The molecule has 21 heavy (non-hydrogen) atoms. The van der Waals surface area contributed by atoms with Gasteiger partial charge in [-0.05, 0) is 46.4 Å². The minimum atomic E-state index is -6.37. The van der Waals surface area contributed by atoms with Crippen LogP contribution >= 0.6 is 58.0 Å². The smallest absolute Gasteiger partial charge is 0.272 e. The molecule has 0 saturated heterocycles. The Bertz CT molecular complexity index is 387. The molecule has 0 aliphatic rings. The van der Waals surface area contributed by atoms with Gasteiger partial charge in [0.25, 0.3) is 0 Å². The molecule has 1 nitrogen and oxygen atoms in total. The van der Waals surface area contributed by atoms with Gasteiger partial charge in [0.15, 0.2) is 0 Å². The summed E-state index contributed by atoms with van der Waals surface area (Å²) in [5.41, 5.74) is 0. The van der Waals surface area contributed by atoms with Crippen LogP contribution in [-0.2, 0) is 4.74 Å². The largest absolute Gasteiger partial charge is 0.394 e. The van der Waals surface area contributed by atoms with Crippen molar-refractivity contribution >= 4 is 58.0 Å². The Hall–Kier alpha value is 0.780. The highest BCUT2D eigenvalue weighted by molar-refractivity contribution is 6.34. The summed E-state index contributed by atoms with van der Waals surface area (Å²) < 4.78 is 118. The Morgan fingerprint density at radius 1 is 0.524 bits per heavy atom. The van der Waals surface area contributed by atoms with Gasteiger partial charge < -0.3 is 0 Å². The normalized spacial score (nSPS) is 23.1. The Morgan fingerprint density at radius 3 is 1.10 bits per heavy atom. The van der Waals surface area contributed by atoms with Gasteiger partial charge in [-0.1, -0.05) is 11.6 Å². The predicted octanol–water partition coefficient (Wildman–Crippen LogP) is 5.93. The van der Waals surface area contributed by atoms with Gasteiger partial charge in [-0.15, -0.1) is 0 Å². The standard InChI is InChI=1S/C6Cl5F9O/c7-1(12,3(8,15)16)2(13,14)5(10,19)21-6(11,20)4(9,17)18. The molecule has 0 saturated carbocycles. The van der Waals surface area contributed by atoms with Crippen molar-refractivity contribution in [1.29, 1.82) is 0 Å². The highest BCUT2D eigenvalue weighted by Gasteiger charge is 2.80. The van der Waals surface area contributed by atoms with Crippen LogP contribution < -0.4 is 0 Å². The van der Waals surface area contributed by atoms with E-state index in [-0.39, 0.29) is 0 Å². The number of halogens is 14. The van der Waals surface area contributed by atoms with Gasteiger partial charge in [0, 0.05) is 0 Å². The average Bonchev–Trinajstić information content (AvgIpc) is 2.11. The van der Waals surface area contributed by atoms with Crippen molar-refractivity contribution in [3.05, 3.63) is 0 Å². The molecular weight excluding hydrogens is 436 g/mol. The van der Waals surface area contributed by atoms with E-state index < -0.39 is 32.4 Å². The van der Waals surface area contributed by atoms with Crippen molar-refractivity contribution in [3.63, 3.8) is 0 Å². The molecule has 0 heterocycles. The fourth-order valence-electron chi connectivity index (χ4n) is 0.644. The van der Waals surface area contributed by atoms with Gasteiger partial charge in [0.1, 0.15) is 0 Å². The van der Waals surface area contributed by atoms with Crippen LogP contribution in [0.1, 0.15) is 0 Å². The third-order valence-corrected chi connectivity index (χ3v) is 3.50. The lowest BCUT2D eigenvalue weighted by Gasteiger charge is -2.38. The van der Waals surface area contributed by atoms with Crippen molar-refractivity contribution in [1.82, 2.24) is 0 Å². The lowest BCUT2D eigenvalue weighted by atomic mass is 10.2. The predicted molar refractivity (Wildman–Crippen MR) is 56.7 cm³/mol. The van der Waals surface area contributed by atoms with E-state index >= 15 is 0 Å². The van der Waals surface area contributed by atoms with Crippen molar-refractivity contribution in [2.45, 2.75) is 32.4 Å². The summed E-state index contributed by atoms with van der Waals surface area (Å²) in [6.45, 7) is 0. The first-order valence-corrected chi connectivity index (χ1v) is 5.94. The molecule has 0 aliphatic heterocycles. The van der Waals surface area contributed by atoms with Gasteiger partial charge in [0.2, 0.25) is 0 Å². The monoisotopic (exact) mass is 434 g/mol. The summed E-state index contributed by atoms with van der Waals surface area (Å²) in [6, 6.07) is 0. The van der Waals surface area contributed by atoms with Crippen LogP contribution in [0, 0.1) is 0 Å². The molecular formula is C6Cl5F9O. The summed E-state index contributed by atoms with van der Waals surface area (Å²) in [6.07, 6.45) is 0. The van der Waals surface area contributed by atoms with Crippen LogP contribution in [0.15, 0.2) is 0 Å². The van der Waals surface area contributed by atoms with Gasteiger partial charge in [-0.25, -0.2) is 4.39 Å². The average molecular weight is 436 g/mol. The van der Waals surface area contributed by atoms with E-state index in [2.05, 4.69) is 62.7 Å². The zero-order valence-corrected chi connectivity index (χ0v) is 12.5. The molecule has 0 aromatic heterocycles. The Labute approximate surface area is 135 Å². The lowest BCUT2D eigenvalue weighted by Crippen LogP contribution is -2.62. The summed E-state index contributed by atoms with van der Waals surface area (Å²) in [5.74, 6) is -6.37. The van der Waals surface area contributed by atoms with E-state index in [1.54, 1.807) is 0 Å². The second-order valence-electron chi connectivity index (χ2n) is 3.28. The van der Waals surface area contributed by atoms with Gasteiger partial charge in [0.05, 0.1) is 0 Å². The second kappa shape index (κ2) is 5.70. The van der Waals surface area contributed by atoms with E-state index in [0.29, 0.717) is 0 Å². The molecule has 0 aromatic carbocycles. The zero-order valence-electron chi connectivity index (χ0n) is 8.70. The van der Waals surface area contributed by atoms with Crippen molar-refractivity contribution in [2.24, 2.45) is 0 Å². The van der Waals surface area contributed by atoms with Gasteiger partial charge in [-0.3, -0.25) is 4.74 Å². The quantitative estimate of drug-likeness (QED) is 0.371. The van der Waals surface area contributed by atoms with Gasteiger partial charge >= 0.3 is 32.4 Å². The maximum Gasteiger partial charge on any atom is 0.394 e. The molecule has 0 bridgehead atoms. The molecule has 0 aromatic rings. The highest BCUT2D eigenvalue weighted by atomic mass is 35.5. The van der Waals surface area contributed by atoms with Crippen molar-refractivity contribution in [2.75, 3.05) is 0 Å². The number of hydrogen-bond acceptors (Lipinski definition) is 1. The van der Waals surface area contributed by atoms with Crippen LogP contribution in [0.25, 0.3) is 0 Å².